The molecule has 74 valence electrons. The number of benzene rings is 1. The fourth-order valence-corrected chi connectivity index (χ4v) is 2.01. The molecule has 3 heteroatoms. The number of ketones is 1. The van der Waals surface area contributed by atoms with Gasteiger partial charge in [-0.25, -0.2) is 0 Å². The van der Waals surface area contributed by atoms with Gasteiger partial charge in [-0.2, -0.15) is 0 Å². The zero-order valence-corrected chi connectivity index (χ0v) is 9.29. The number of ether oxygens (including phenoxy) is 1. The third-order valence-electron chi connectivity index (χ3n) is 2.33. The Morgan fingerprint density at radius 3 is 3.00 bits per heavy atom. The number of hydrogen-bond donors (Lipinski definition) is 0. The van der Waals surface area contributed by atoms with E-state index in [-0.39, 0.29) is 11.9 Å². The molecular weight excluding hydrogens is 244 g/mol. The maximum absolute atomic E-state index is 11.9. The molecule has 0 aliphatic carbocycles. The van der Waals surface area contributed by atoms with E-state index in [1.165, 1.54) is 0 Å². The molecule has 1 aromatic carbocycles. The maximum atomic E-state index is 11.9. The van der Waals surface area contributed by atoms with Crippen LogP contribution in [-0.4, -0.2) is 18.5 Å². The van der Waals surface area contributed by atoms with E-state index in [0.717, 1.165) is 22.9 Å². The van der Waals surface area contributed by atoms with E-state index in [0.29, 0.717) is 6.61 Å². The van der Waals surface area contributed by atoms with Gasteiger partial charge in [0, 0.05) is 16.6 Å². The molecule has 1 unspecified atom stereocenters. The van der Waals surface area contributed by atoms with Crippen molar-refractivity contribution in [3.8, 4) is 0 Å². The minimum absolute atomic E-state index is 0.101. The molecule has 0 aromatic heterocycles. The zero-order chi connectivity index (χ0) is 9.97. The smallest absolute Gasteiger partial charge is 0.191 e. The van der Waals surface area contributed by atoms with Crippen molar-refractivity contribution >= 4 is 21.7 Å². The van der Waals surface area contributed by atoms with Crippen LogP contribution in [0, 0.1) is 0 Å². The summed E-state index contributed by atoms with van der Waals surface area (Å²) in [7, 11) is 0. The van der Waals surface area contributed by atoms with Crippen molar-refractivity contribution in [1.29, 1.82) is 0 Å². The lowest BCUT2D eigenvalue weighted by Crippen LogP contribution is -2.19. The van der Waals surface area contributed by atoms with Crippen molar-refractivity contribution in [2.75, 3.05) is 6.61 Å². The van der Waals surface area contributed by atoms with Crippen LogP contribution in [0.2, 0.25) is 0 Å². The SMILES string of the molecule is O=C(c1cccc(Br)c1)C1CCCO1. The lowest BCUT2D eigenvalue weighted by Gasteiger charge is -2.07. The minimum atomic E-state index is -0.218. The molecular formula is C11H11BrO2. The third kappa shape index (κ3) is 2.04. The van der Waals surface area contributed by atoms with Gasteiger partial charge in [0.15, 0.2) is 5.78 Å². The second-order valence-electron chi connectivity index (χ2n) is 3.38. The summed E-state index contributed by atoms with van der Waals surface area (Å²) in [5, 5.41) is 0. The summed E-state index contributed by atoms with van der Waals surface area (Å²) in [6, 6.07) is 7.44. The van der Waals surface area contributed by atoms with Gasteiger partial charge in [0.1, 0.15) is 6.10 Å². The number of halogens is 1. The molecule has 1 saturated heterocycles. The van der Waals surface area contributed by atoms with Crippen LogP contribution in [0.3, 0.4) is 0 Å². The molecule has 1 aromatic rings. The highest BCUT2D eigenvalue weighted by Crippen LogP contribution is 2.19. The lowest BCUT2D eigenvalue weighted by atomic mass is 10.0. The Bertz CT molecular complexity index is 343. The van der Waals surface area contributed by atoms with Gasteiger partial charge in [-0.1, -0.05) is 28.1 Å². The van der Waals surface area contributed by atoms with Gasteiger partial charge in [-0.15, -0.1) is 0 Å². The first-order chi connectivity index (χ1) is 6.77. The number of rotatable bonds is 2. The first-order valence-electron chi connectivity index (χ1n) is 4.69. The van der Waals surface area contributed by atoms with E-state index in [2.05, 4.69) is 15.9 Å². The van der Waals surface area contributed by atoms with Crippen molar-refractivity contribution in [2.24, 2.45) is 0 Å². The normalized spacial score (nSPS) is 21.1. The molecule has 0 saturated carbocycles. The Morgan fingerprint density at radius 1 is 1.50 bits per heavy atom. The van der Waals surface area contributed by atoms with E-state index in [1.807, 2.05) is 24.3 Å². The largest absolute Gasteiger partial charge is 0.370 e. The maximum Gasteiger partial charge on any atom is 0.191 e. The van der Waals surface area contributed by atoms with E-state index < -0.39 is 0 Å². The summed E-state index contributed by atoms with van der Waals surface area (Å²) < 4.78 is 6.28. The van der Waals surface area contributed by atoms with Gasteiger partial charge in [0.25, 0.3) is 0 Å². The number of carbonyl (C=O) groups is 1. The molecule has 0 amide bonds. The van der Waals surface area contributed by atoms with Crippen molar-refractivity contribution < 1.29 is 9.53 Å². The van der Waals surface area contributed by atoms with Crippen LogP contribution in [0.25, 0.3) is 0 Å². The standard InChI is InChI=1S/C11H11BrO2/c12-9-4-1-3-8(7-9)11(13)10-5-2-6-14-10/h1,3-4,7,10H,2,5-6H2. The highest BCUT2D eigenvalue weighted by molar-refractivity contribution is 9.10. The van der Waals surface area contributed by atoms with Crippen LogP contribution in [0.15, 0.2) is 28.7 Å². The highest BCUT2D eigenvalue weighted by Gasteiger charge is 2.24. The van der Waals surface area contributed by atoms with Crippen LogP contribution in [0.1, 0.15) is 23.2 Å². The average Bonchev–Trinajstić information content (AvgIpc) is 2.69. The Morgan fingerprint density at radius 2 is 2.36 bits per heavy atom. The van der Waals surface area contributed by atoms with Gasteiger partial charge in [-0.05, 0) is 25.0 Å². The molecule has 1 fully saturated rings. The summed E-state index contributed by atoms with van der Waals surface area (Å²) >= 11 is 3.35. The van der Waals surface area contributed by atoms with Gasteiger partial charge < -0.3 is 4.74 Å². The van der Waals surface area contributed by atoms with Gasteiger partial charge in [0.05, 0.1) is 0 Å². The predicted octanol–water partition coefficient (Wildman–Crippen LogP) is 2.81. The molecule has 1 atom stereocenters. The first-order valence-corrected chi connectivity index (χ1v) is 5.48. The molecule has 0 radical (unpaired) electrons. The second-order valence-corrected chi connectivity index (χ2v) is 4.29. The first kappa shape index (κ1) is 9.87. The summed E-state index contributed by atoms with van der Waals surface area (Å²) in [5.41, 5.74) is 0.728. The van der Waals surface area contributed by atoms with E-state index in [1.54, 1.807) is 0 Å². The van der Waals surface area contributed by atoms with Crippen molar-refractivity contribution in [2.45, 2.75) is 18.9 Å². The molecule has 1 aliphatic rings. The van der Waals surface area contributed by atoms with Crippen molar-refractivity contribution in [1.82, 2.24) is 0 Å². The van der Waals surface area contributed by atoms with Gasteiger partial charge in [-0.3, -0.25) is 4.79 Å². The van der Waals surface area contributed by atoms with Crippen LogP contribution in [0.5, 0.6) is 0 Å². The molecule has 0 bridgehead atoms. The molecule has 2 nitrogen and oxygen atoms in total. The van der Waals surface area contributed by atoms with E-state index in [4.69, 9.17) is 4.74 Å². The summed E-state index contributed by atoms with van der Waals surface area (Å²) in [4.78, 5) is 11.9. The Labute approximate surface area is 91.4 Å². The fraction of sp³-hybridized carbons (Fsp3) is 0.364. The molecule has 2 rings (SSSR count). The minimum Gasteiger partial charge on any atom is -0.370 e. The van der Waals surface area contributed by atoms with Gasteiger partial charge >= 0.3 is 0 Å². The van der Waals surface area contributed by atoms with Gasteiger partial charge in [0.2, 0.25) is 0 Å². The Balaban J connectivity index is 2.17. The zero-order valence-electron chi connectivity index (χ0n) is 7.70. The average molecular weight is 255 g/mol. The van der Waals surface area contributed by atoms with Crippen molar-refractivity contribution in [3.05, 3.63) is 34.3 Å². The monoisotopic (exact) mass is 254 g/mol. The Hall–Kier alpha value is -0.670. The molecule has 0 N–H and O–H groups in total. The van der Waals surface area contributed by atoms with Crippen LogP contribution in [-0.2, 0) is 4.74 Å². The quantitative estimate of drug-likeness (QED) is 0.759. The van der Waals surface area contributed by atoms with E-state index in [9.17, 15) is 4.79 Å². The fourth-order valence-electron chi connectivity index (χ4n) is 1.61. The van der Waals surface area contributed by atoms with Crippen LogP contribution in [0.4, 0.5) is 0 Å². The molecule has 1 aliphatic heterocycles. The summed E-state index contributed by atoms with van der Waals surface area (Å²) in [6.45, 7) is 0.713. The number of Topliss-reactive ketones (excluding diaryl/α,β-unsaturated/α-hetero) is 1. The summed E-state index contributed by atoms with van der Waals surface area (Å²) in [5.74, 6) is 0.101. The van der Waals surface area contributed by atoms with E-state index >= 15 is 0 Å². The van der Waals surface area contributed by atoms with Crippen LogP contribution >= 0.6 is 15.9 Å². The lowest BCUT2D eigenvalue weighted by molar-refractivity contribution is 0.0643. The topological polar surface area (TPSA) is 26.3 Å². The number of carbonyl (C=O) groups excluding carboxylic acids is 1. The highest BCUT2D eigenvalue weighted by atomic mass is 79.9. The third-order valence-corrected chi connectivity index (χ3v) is 2.82. The molecule has 0 spiro atoms. The molecule has 1 heterocycles. The van der Waals surface area contributed by atoms with Crippen molar-refractivity contribution in [3.63, 3.8) is 0 Å². The Kier molecular flexibility index (Phi) is 2.99. The molecule has 14 heavy (non-hydrogen) atoms. The predicted molar refractivity (Wildman–Crippen MR) is 57.4 cm³/mol. The second kappa shape index (κ2) is 4.24. The van der Waals surface area contributed by atoms with Crippen LogP contribution < -0.4 is 0 Å². The summed E-state index contributed by atoms with van der Waals surface area (Å²) in [6.07, 6.45) is 1.62. The number of hydrogen-bond acceptors (Lipinski definition) is 2.